The first-order valence-electron chi connectivity index (χ1n) is 10.9. The van der Waals surface area contributed by atoms with E-state index in [1.54, 1.807) is 19.1 Å². The van der Waals surface area contributed by atoms with E-state index in [1.807, 2.05) is 44.2 Å². The molecule has 1 heterocycles. The molecule has 0 aliphatic carbocycles. The Morgan fingerprint density at radius 3 is 2.27 bits per heavy atom. The summed E-state index contributed by atoms with van der Waals surface area (Å²) in [6.07, 6.45) is -0.229. The molecule has 0 unspecified atom stereocenters. The number of nitrogens with zero attached hydrogens (tertiary/aromatic N) is 2. The fourth-order valence-corrected chi connectivity index (χ4v) is 5.18. The Morgan fingerprint density at radius 1 is 1.00 bits per heavy atom. The molecular formula is C24H29N3O5S. The molecule has 0 radical (unpaired) electrons. The monoisotopic (exact) mass is 471 g/mol. The van der Waals surface area contributed by atoms with E-state index in [9.17, 15) is 22.8 Å². The fourth-order valence-electron chi connectivity index (χ4n) is 3.61. The summed E-state index contributed by atoms with van der Waals surface area (Å²) in [5, 5.41) is 2.84. The van der Waals surface area contributed by atoms with E-state index in [2.05, 4.69) is 5.32 Å². The van der Waals surface area contributed by atoms with Gasteiger partial charge in [0, 0.05) is 26.1 Å². The van der Waals surface area contributed by atoms with Gasteiger partial charge in [-0.15, -0.1) is 0 Å². The van der Waals surface area contributed by atoms with E-state index in [4.69, 9.17) is 0 Å². The Labute approximate surface area is 194 Å². The van der Waals surface area contributed by atoms with Crippen molar-refractivity contribution >= 4 is 27.7 Å². The lowest BCUT2D eigenvalue weighted by molar-refractivity contribution is -0.140. The Balaban J connectivity index is 1.76. The molecule has 2 aromatic rings. The molecule has 0 saturated heterocycles. The summed E-state index contributed by atoms with van der Waals surface area (Å²) in [5.41, 5.74) is 0.944. The normalized spacial score (nSPS) is 15.3. The van der Waals surface area contributed by atoms with Crippen LogP contribution in [0.15, 0.2) is 59.5 Å². The van der Waals surface area contributed by atoms with Crippen molar-refractivity contribution in [2.45, 2.75) is 44.7 Å². The molecule has 1 aliphatic rings. The van der Waals surface area contributed by atoms with Gasteiger partial charge in [0.25, 0.3) is 15.9 Å². The van der Waals surface area contributed by atoms with Crippen molar-refractivity contribution in [1.29, 1.82) is 0 Å². The van der Waals surface area contributed by atoms with Crippen molar-refractivity contribution < 1.29 is 22.8 Å². The minimum atomic E-state index is -4.00. The lowest BCUT2D eigenvalue weighted by atomic mass is 10.1. The van der Waals surface area contributed by atoms with Crippen LogP contribution in [0.25, 0.3) is 0 Å². The third-order valence-electron chi connectivity index (χ3n) is 5.49. The van der Waals surface area contributed by atoms with Crippen LogP contribution < -0.4 is 5.32 Å². The minimum absolute atomic E-state index is 0.0509. The molecule has 0 bridgehead atoms. The summed E-state index contributed by atoms with van der Waals surface area (Å²) in [6, 6.07) is 14.5. The maximum Gasteiger partial charge on any atom is 0.269 e. The third-order valence-corrected chi connectivity index (χ3v) is 7.33. The zero-order valence-corrected chi connectivity index (χ0v) is 19.8. The Bertz CT molecular complexity index is 1130. The van der Waals surface area contributed by atoms with E-state index in [-0.39, 0.29) is 41.8 Å². The number of hydrogen-bond donors (Lipinski definition) is 1. The van der Waals surface area contributed by atoms with Crippen LogP contribution in [0.1, 0.15) is 43.1 Å². The lowest BCUT2D eigenvalue weighted by Gasteiger charge is -2.29. The number of rotatable bonds is 9. The molecule has 0 fully saturated rings. The van der Waals surface area contributed by atoms with Crippen LogP contribution in [0.2, 0.25) is 0 Å². The molecule has 176 valence electrons. The predicted octanol–water partition coefficient (Wildman–Crippen LogP) is 2.41. The molecule has 0 aromatic heterocycles. The van der Waals surface area contributed by atoms with Gasteiger partial charge in [0.15, 0.2) is 0 Å². The highest BCUT2D eigenvalue weighted by atomic mass is 32.2. The molecule has 3 amide bonds. The fraction of sp³-hybridized carbons (Fsp3) is 0.375. The molecular weight excluding hydrogens is 442 g/mol. The molecule has 9 heteroatoms. The molecule has 0 spiro atoms. The Hall–Kier alpha value is -3.20. The van der Waals surface area contributed by atoms with Crippen molar-refractivity contribution in [3.8, 4) is 0 Å². The zero-order chi connectivity index (χ0) is 24.2. The highest BCUT2D eigenvalue weighted by Crippen LogP contribution is 2.30. The number of carbonyl (C=O) groups is 3. The molecule has 1 aliphatic heterocycles. The molecule has 3 rings (SSSR count). The van der Waals surface area contributed by atoms with E-state index in [1.165, 1.54) is 17.0 Å². The van der Waals surface area contributed by atoms with Gasteiger partial charge in [0.05, 0.1) is 5.56 Å². The number of nitrogens with one attached hydrogen (secondary N) is 1. The van der Waals surface area contributed by atoms with Crippen molar-refractivity contribution in [1.82, 2.24) is 14.5 Å². The maximum absolute atomic E-state index is 13.2. The average molecular weight is 472 g/mol. The van der Waals surface area contributed by atoms with Gasteiger partial charge in [0.1, 0.15) is 10.9 Å². The Kier molecular flexibility index (Phi) is 7.53. The smallest absolute Gasteiger partial charge is 0.269 e. The van der Waals surface area contributed by atoms with Crippen molar-refractivity contribution in [2.75, 3.05) is 13.1 Å². The first-order chi connectivity index (χ1) is 15.6. The van der Waals surface area contributed by atoms with Crippen LogP contribution in [0.3, 0.4) is 0 Å². The lowest BCUT2D eigenvalue weighted by Crippen LogP contribution is -2.49. The number of benzene rings is 2. The number of fused-ring (bicyclic) bond motifs is 1. The van der Waals surface area contributed by atoms with Gasteiger partial charge in [0.2, 0.25) is 11.8 Å². The molecule has 33 heavy (non-hydrogen) atoms. The van der Waals surface area contributed by atoms with Gasteiger partial charge in [-0.25, -0.2) is 12.7 Å². The number of hydrogen-bond acceptors (Lipinski definition) is 5. The molecule has 8 nitrogen and oxygen atoms in total. The second-order valence-corrected chi connectivity index (χ2v) is 10.3. The van der Waals surface area contributed by atoms with Gasteiger partial charge >= 0.3 is 0 Å². The van der Waals surface area contributed by atoms with E-state index >= 15 is 0 Å². The van der Waals surface area contributed by atoms with Crippen LogP contribution >= 0.6 is 0 Å². The van der Waals surface area contributed by atoms with Crippen molar-refractivity contribution in [3.05, 3.63) is 65.7 Å². The van der Waals surface area contributed by atoms with E-state index in [0.29, 0.717) is 6.54 Å². The average Bonchev–Trinajstić information content (AvgIpc) is 2.99. The van der Waals surface area contributed by atoms with Crippen LogP contribution in [0, 0.1) is 5.92 Å². The standard InChI is InChI=1S/C24H29N3O5S/c1-17(2)15-25-23(29)18(3)26(16-19-9-5-4-6-10-19)22(28)13-14-27-24(30)20-11-7-8-12-21(20)33(27,31)32/h4-12,17-18H,13-16H2,1-3H3,(H,25,29)/t18-/m0/s1. The molecule has 0 saturated carbocycles. The van der Waals surface area contributed by atoms with Gasteiger partial charge in [-0.05, 0) is 30.5 Å². The maximum atomic E-state index is 13.2. The Morgan fingerprint density at radius 2 is 1.64 bits per heavy atom. The molecule has 1 N–H and O–H groups in total. The van der Waals surface area contributed by atoms with Crippen molar-refractivity contribution in [3.63, 3.8) is 0 Å². The summed E-state index contributed by atoms with van der Waals surface area (Å²) in [5.74, 6) is -1.08. The van der Waals surface area contributed by atoms with Gasteiger partial charge in [-0.1, -0.05) is 56.3 Å². The van der Waals surface area contributed by atoms with Gasteiger partial charge in [-0.2, -0.15) is 0 Å². The summed E-state index contributed by atoms with van der Waals surface area (Å²) >= 11 is 0. The number of amides is 3. The predicted molar refractivity (Wildman–Crippen MR) is 124 cm³/mol. The molecule has 2 aromatic carbocycles. The summed E-state index contributed by atoms with van der Waals surface area (Å²) in [7, 11) is -4.00. The largest absolute Gasteiger partial charge is 0.354 e. The van der Waals surface area contributed by atoms with Gasteiger partial charge in [-0.3, -0.25) is 14.4 Å². The quantitative estimate of drug-likeness (QED) is 0.605. The molecule has 1 atom stereocenters. The van der Waals surface area contributed by atoms with Crippen LogP contribution in [0.5, 0.6) is 0 Å². The number of sulfonamides is 1. The van der Waals surface area contributed by atoms with Crippen molar-refractivity contribution in [2.24, 2.45) is 5.92 Å². The highest BCUT2D eigenvalue weighted by molar-refractivity contribution is 7.90. The topological polar surface area (TPSA) is 104 Å². The summed E-state index contributed by atoms with van der Waals surface area (Å²) in [6.45, 7) is 5.98. The summed E-state index contributed by atoms with van der Waals surface area (Å²) < 4.78 is 26.3. The van der Waals surface area contributed by atoms with E-state index in [0.717, 1.165) is 9.87 Å². The summed E-state index contributed by atoms with van der Waals surface area (Å²) in [4.78, 5) is 39.9. The zero-order valence-electron chi connectivity index (χ0n) is 19.0. The second-order valence-electron chi connectivity index (χ2n) is 8.45. The first-order valence-corrected chi connectivity index (χ1v) is 12.3. The second kappa shape index (κ2) is 10.2. The highest BCUT2D eigenvalue weighted by Gasteiger charge is 2.41. The van der Waals surface area contributed by atoms with Crippen LogP contribution in [0.4, 0.5) is 0 Å². The SMILES string of the molecule is CC(C)CNC(=O)[C@H](C)N(Cc1ccccc1)C(=O)CCN1C(=O)c2ccccc2S1(=O)=O. The van der Waals surface area contributed by atoms with E-state index < -0.39 is 27.9 Å². The third kappa shape index (κ3) is 5.42. The van der Waals surface area contributed by atoms with Crippen LogP contribution in [-0.4, -0.2) is 54.5 Å². The minimum Gasteiger partial charge on any atom is -0.354 e. The first kappa shape index (κ1) is 24.4. The van der Waals surface area contributed by atoms with Crippen LogP contribution in [-0.2, 0) is 26.2 Å². The van der Waals surface area contributed by atoms with Gasteiger partial charge < -0.3 is 10.2 Å². The number of carbonyl (C=O) groups excluding carboxylic acids is 3.